The van der Waals surface area contributed by atoms with Gasteiger partial charge >= 0.3 is 0 Å². The summed E-state index contributed by atoms with van der Waals surface area (Å²) in [4.78, 5) is 2.14. The minimum atomic E-state index is 0.938. The molecule has 0 bridgehead atoms. The van der Waals surface area contributed by atoms with Gasteiger partial charge in [0.2, 0.25) is 0 Å². The molecule has 0 saturated carbocycles. The van der Waals surface area contributed by atoms with Crippen molar-refractivity contribution in [2.45, 2.75) is 13.3 Å². The van der Waals surface area contributed by atoms with Crippen LogP contribution in [0.25, 0.3) is 0 Å². The standard InChI is InChI=1S/C12H17N/c1-5-6-11-8-7-10(2)9-12(11)13(3)4/h5,7-9H,1,6H2,2-4H3. The lowest BCUT2D eigenvalue weighted by atomic mass is 10.1. The van der Waals surface area contributed by atoms with Crippen LogP contribution in [0, 0.1) is 6.92 Å². The Labute approximate surface area is 80.7 Å². The van der Waals surface area contributed by atoms with Crippen LogP contribution in [0.4, 0.5) is 5.69 Å². The first kappa shape index (κ1) is 9.85. The first-order valence-corrected chi connectivity index (χ1v) is 4.53. The summed E-state index contributed by atoms with van der Waals surface area (Å²) < 4.78 is 0. The second-order valence-corrected chi connectivity index (χ2v) is 3.52. The van der Waals surface area contributed by atoms with Gasteiger partial charge in [-0.1, -0.05) is 18.2 Å². The van der Waals surface area contributed by atoms with Crippen molar-refractivity contribution in [1.29, 1.82) is 0 Å². The summed E-state index contributed by atoms with van der Waals surface area (Å²) in [6.07, 6.45) is 2.88. The van der Waals surface area contributed by atoms with Gasteiger partial charge in [0.25, 0.3) is 0 Å². The van der Waals surface area contributed by atoms with Crippen LogP contribution in [0.5, 0.6) is 0 Å². The number of aryl methyl sites for hydroxylation is 1. The summed E-state index contributed by atoms with van der Waals surface area (Å²) in [5.74, 6) is 0. The van der Waals surface area contributed by atoms with Gasteiger partial charge in [0.1, 0.15) is 0 Å². The molecule has 13 heavy (non-hydrogen) atoms. The lowest BCUT2D eigenvalue weighted by Crippen LogP contribution is -2.11. The lowest BCUT2D eigenvalue weighted by molar-refractivity contribution is 1.09. The van der Waals surface area contributed by atoms with E-state index in [0.29, 0.717) is 0 Å². The minimum absolute atomic E-state index is 0.938. The van der Waals surface area contributed by atoms with Crippen molar-refractivity contribution in [1.82, 2.24) is 0 Å². The number of nitrogens with zero attached hydrogens (tertiary/aromatic N) is 1. The van der Waals surface area contributed by atoms with Gasteiger partial charge in [-0.05, 0) is 30.5 Å². The van der Waals surface area contributed by atoms with Gasteiger partial charge < -0.3 is 4.90 Å². The van der Waals surface area contributed by atoms with Crippen LogP contribution in [-0.2, 0) is 6.42 Å². The molecule has 70 valence electrons. The van der Waals surface area contributed by atoms with Gasteiger partial charge in [0.15, 0.2) is 0 Å². The van der Waals surface area contributed by atoms with E-state index < -0.39 is 0 Å². The van der Waals surface area contributed by atoms with E-state index in [1.807, 2.05) is 6.08 Å². The molecule has 0 saturated heterocycles. The first-order chi connectivity index (χ1) is 6.15. The Morgan fingerprint density at radius 1 is 1.38 bits per heavy atom. The molecule has 0 aliphatic carbocycles. The molecule has 0 N–H and O–H groups in total. The van der Waals surface area contributed by atoms with Gasteiger partial charge in [-0.3, -0.25) is 0 Å². The van der Waals surface area contributed by atoms with Crippen molar-refractivity contribution in [2.24, 2.45) is 0 Å². The highest BCUT2D eigenvalue weighted by Gasteiger charge is 2.02. The largest absolute Gasteiger partial charge is 0.377 e. The van der Waals surface area contributed by atoms with Crippen LogP contribution < -0.4 is 4.90 Å². The number of hydrogen-bond donors (Lipinski definition) is 0. The van der Waals surface area contributed by atoms with E-state index in [1.54, 1.807) is 0 Å². The zero-order chi connectivity index (χ0) is 9.84. The van der Waals surface area contributed by atoms with Gasteiger partial charge in [-0.15, -0.1) is 6.58 Å². The molecule has 0 unspecified atom stereocenters. The molecule has 0 aliphatic rings. The zero-order valence-electron chi connectivity index (χ0n) is 8.67. The lowest BCUT2D eigenvalue weighted by Gasteiger charge is -2.17. The third kappa shape index (κ3) is 2.35. The van der Waals surface area contributed by atoms with E-state index in [4.69, 9.17) is 0 Å². The highest BCUT2D eigenvalue weighted by molar-refractivity contribution is 5.55. The second kappa shape index (κ2) is 4.13. The fraction of sp³-hybridized carbons (Fsp3) is 0.333. The fourth-order valence-corrected chi connectivity index (χ4v) is 1.42. The normalized spacial score (nSPS) is 9.77. The number of anilines is 1. The van der Waals surface area contributed by atoms with Crippen molar-refractivity contribution in [3.8, 4) is 0 Å². The number of allylic oxidation sites excluding steroid dienone is 1. The van der Waals surface area contributed by atoms with Crippen LogP contribution in [0.15, 0.2) is 30.9 Å². The number of rotatable bonds is 3. The quantitative estimate of drug-likeness (QED) is 0.638. The van der Waals surface area contributed by atoms with Crippen LogP contribution >= 0.6 is 0 Å². The summed E-state index contributed by atoms with van der Waals surface area (Å²) in [5.41, 5.74) is 3.93. The Kier molecular flexibility index (Phi) is 3.13. The molecular formula is C12H17N. The van der Waals surface area contributed by atoms with Crippen LogP contribution in [0.1, 0.15) is 11.1 Å². The summed E-state index contributed by atoms with van der Waals surface area (Å²) in [5, 5.41) is 0. The first-order valence-electron chi connectivity index (χ1n) is 4.53. The molecule has 0 aromatic heterocycles. The van der Waals surface area contributed by atoms with Gasteiger partial charge in [-0.2, -0.15) is 0 Å². The smallest absolute Gasteiger partial charge is 0.0399 e. The maximum Gasteiger partial charge on any atom is 0.0399 e. The van der Waals surface area contributed by atoms with E-state index in [9.17, 15) is 0 Å². The Balaban J connectivity index is 3.10. The molecule has 1 heteroatoms. The minimum Gasteiger partial charge on any atom is -0.377 e. The molecule has 0 atom stereocenters. The highest BCUT2D eigenvalue weighted by atomic mass is 15.1. The number of hydrogen-bond acceptors (Lipinski definition) is 1. The Bertz CT molecular complexity index is 300. The molecule has 0 spiro atoms. The molecule has 0 radical (unpaired) electrons. The van der Waals surface area contributed by atoms with Crippen LogP contribution in [0.2, 0.25) is 0 Å². The third-order valence-electron chi connectivity index (χ3n) is 2.09. The van der Waals surface area contributed by atoms with Crippen molar-refractivity contribution >= 4 is 5.69 Å². The van der Waals surface area contributed by atoms with Crippen molar-refractivity contribution < 1.29 is 0 Å². The van der Waals surface area contributed by atoms with E-state index in [1.165, 1.54) is 16.8 Å². The molecule has 0 aliphatic heterocycles. The van der Waals surface area contributed by atoms with Crippen molar-refractivity contribution in [3.63, 3.8) is 0 Å². The Hall–Kier alpha value is -1.24. The van der Waals surface area contributed by atoms with Crippen LogP contribution in [-0.4, -0.2) is 14.1 Å². The van der Waals surface area contributed by atoms with Gasteiger partial charge in [0.05, 0.1) is 0 Å². The molecule has 1 aromatic carbocycles. The van der Waals surface area contributed by atoms with E-state index in [-0.39, 0.29) is 0 Å². The topological polar surface area (TPSA) is 3.24 Å². The Morgan fingerprint density at radius 2 is 2.08 bits per heavy atom. The monoisotopic (exact) mass is 175 g/mol. The Morgan fingerprint density at radius 3 is 2.62 bits per heavy atom. The predicted molar refractivity (Wildman–Crippen MR) is 59.4 cm³/mol. The van der Waals surface area contributed by atoms with E-state index in [0.717, 1.165) is 6.42 Å². The molecule has 0 heterocycles. The van der Waals surface area contributed by atoms with Gasteiger partial charge in [-0.25, -0.2) is 0 Å². The molecule has 0 amide bonds. The third-order valence-corrected chi connectivity index (χ3v) is 2.09. The SMILES string of the molecule is C=CCc1ccc(C)cc1N(C)C. The maximum absolute atomic E-state index is 3.76. The van der Waals surface area contributed by atoms with Crippen molar-refractivity contribution in [3.05, 3.63) is 42.0 Å². The molecule has 1 aromatic rings. The number of benzene rings is 1. The molecule has 1 rings (SSSR count). The van der Waals surface area contributed by atoms with Crippen LogP contribution in [0.3, 0.4) is 0 Å². The summed E-state index contributed by atoms with van der Waals surface area (Å²) >= 11 is 0. The predicted octanol–water partition coefficient (Wildman–Crippen LogP) is 2.79. The summed E-state index contributed by atoms with van der Waals surface area (Å²) in [7, 11) is 4.14. The fourth-order valence-electron chi connectivity index (χ4n) is 1.42. The average molecular weight is 175 g/mol. The van der Waals surface area contributed by atoms with Crippen molar-refractivity contribution in [2.75, 3.05) is 19.0 Å². The zero-order valence-corrected chi connectivity index (χ0v) is 8.67. The molecule has 0 fully saturated rings. The van der Waals surface area contributed by atoms with Gasteiger partial charge in [0, 0.05) is 19.8 Å². The highest BCUT2D eigenvalue weighted by Crippen LogP contribution is 2.20. The summed E-state index contributed by atoms with van der Waals surface area (Å²) in [6.45, 7) is 5.88. The summed E-state index contributed by atoms with van der Waals surface area (Å²) in [6, 6.07) is 6.52. The molecule has 1 nitrogen and oxygen atoms in total. The maximum atomic E-state index is 3.76. The second-order valence-electron chi connectivity index (χ2n) is 3.52. The average Bonchev–Trinajstić information content (AvgIpc) is 2.08. The van der Waals surface area contributed by atoms with E-state index >= 15 is 0 Å². The molecular weight excluding hydrogens is 158 g/mol. The van der Waals surface area contributed by atoms with E-state index in [2.05, 4.69) is 50.7 Å².